The molecule has 0 saturated carbocycles. The Morgan fingerprint density at radius 3 is 1.14 bits per heavy atom. The van der Waals surface area contributed by atoms with Crippen molar-refractivity contribution < 1.29 is 39.6 Å². The van der Waals surface area contributed by atoms with Gasteiger partial charge in [0.2, 0.25) is 0 Å². The first-order chi connectivity index (χ1) is 10.1. The molecule has 128 valence electrons. The molecule has 2 atom stereocenters. The Morgan fingerprint density at radius 2 is 0.955 bits per heavy atom. The standard InChI is InChI=1S/2C6H11NO4/c2*7-4(6(10)11)2-1-3-5(8)9/h2*4H,1-3,7H2,(H,8,9)(H,10,11)/t2*4-/m10/s1. The third kappa shape index (κ3) is 15.9. The molecular weight excluding hydrogens is 300 g/mol. The average Bonchev–Trinajstić information content (AvgIpc) is 2.38. The second-order valence-electron chi connectivity index (χ2n) is 4.46. The summed E-state index contributed by atoms with van der Waals surface area (Å²) in [5.74, 6) is -4.03. The van der Waals surface area contributed by atoms with E-state index in [1.807, 2.05) is 0 Å². The van der Waals surface area contributed by atoms with Gasteiger partial charge in [0.15, 0.2) is 0 Å². The van der Waals surface area contributed by atoms with E-state index in [2.05, 4.69) is 0 Å². The van der Waals surface area contributed by atoms with E-state index >= 15 is 0 Å². The molecule has 8 N–H and O–H groups in total. The van der Waals surface area contributed by atoms with E-state index in [1.165, 1.54) is 0 Å². The van der Waals surface area contributed by atoms with Crippen LogP contribution in [0, 0.1) is 0 Å². The van der Waals surface area contributed by atoms with E-state index in [9.17, 15) is 19.2 Å². The second kappa shape index (κ2) is 12.5. The van der Waals surface area contributed by atoms with E-state index in [1.54, 1.807) is 0 Å². The number of hydrogen-bond donors (Lipinski definition) is 6. The zero-order chi connectivity index (χ0) is 17.7. The molecule has 10 heteroatoms. The fourth-order valence-corrected chi connectivity index (χ4v) is 1.19. The van der Waals surface area contributed by atoms with Crippen LogP contribution < -0.4 is 11.5 Å². The molecule has 0 rings (SSSR count). The molecule has 0 fully saturated rings. The molecule has 0 bridgehead atoms. The maximum absolute atomic E-state index is 10.1. The summed E-state index contributed by atoms with van der Waals surface area (Å²) < 4.78 is 0. The molecule has 22 heavy (non-hydrogen) atoms. The van der Waals surface area contributed by atoms with Crippen molar-refractivity contribution in [2.75, 3.05) is 0 Å². The SMILES string of the molecule is N[C@@H](CCCC(=O)O)C(=O)O.N[C@H](CCCC(=O)O)C(=O)O. The highest BCUT2D eigenvalue weighted by Gasteiger charge is 2.11. The van der Waals surface area contributed by atoms with E-state index in [0.717, 1.165) is 0 Å². The first kappa shape index (κ1) is 22.1. The molecule has 0 aliphatic rings. The predicted octanol–water partition coefficient (Wildman–Crippen LogP) is -0.694. The molecule has 0 aromatic heterocycles. The lowest BCUT2D eigenvalue weighted by atomic mass is 10.1. The molecular formula is C12H22N2O8. The van der Waals surface area contributed by atoms with E-state index in [0.29, 0.717) is 12.8 Å². The summed E-state index contributed by atoms with van der Waals surface area (Å²) >= 11 is 0. The summed E-state index contributed by atoms with van der Waals surface area (Å²) in [5, 5.41) is 32.9. The van der Waals surface area contributed by atoms with Gasteiger partial charge in [-0.25, -0.2) is 0 Å². The van der Waals surface area contributed by atoms with Gasteiger partial charge >= 0.3 is 23.9 Å². The summed E-state index contributed by atoms with van der Waals surface area (Å²) in [6, 6.07) is -1.87. The third-order valence-corrected chi connectivity index (χ3v) is 2.45. The van der Waals surface area contributed by atoms with Gasteiger partial charge in [0.1, 0.15) is 12.1 Å². The highest BCUT2D eigenvalue weighted by molar-refractivity contribution is 5.73. The third-order valence-electron chi connectivity index (χ3n) is 2.45. The van der Waals surface area contributed by atoms with E-state index in [-0.39, 0.29) is 25.7 Å². The Bertz CT molecular complexity index is 349. The zero-order valence-corrected chi connectivity index (χ0v) is 12.0. The zero-order valence-electron chi connectivity index (χ0n) is 12.0. The van der Waals surface area contributed by atoms with E-state index < -0.39 is 36.0 Å². The Kier molecular flexibility index (Phi) is 12.6. The van der Waals surface area contributed by atoms with Crippen LogP contribution in [0.2, 0.25) is 0 Å². The van der Waals surface area contributed by atoms with Gasteiger partial charge in [0, 0.05) is 12.8 Å². The fraction of sp³-hybridized carbons (Fsp3) is 0.667. The quantitative estimate of drug-likeness (QED) is 0.298. The molecule has 0 aliphatic heterocycles. The minimum Gasteiger partial charge on any atom is -0.481 e. The normalized spacial score (nSPS) is 12.5. The highest BCUT2D eigenvalue weighted by atomic mass is 16.4. The Balaban J connectivity index is 0. The molecule has 0 heterocycles. The van der Waals surface area contributed by atoms with Gasteiger partial charge in [-0.3, -0.25) is 19.2 Å². The van der Waals surface area contributed by atoms with Gasteiger partial charge in [-0.15, -0.1) is 0 Å². The summed E-state index contributed by atoms with van der Waals surface area (Å²) in [6.07, 6.45) is 0.983. The molecule has 0 saturated heterocycles. The number of nitrogens with two attached hydrogens (primary N) is 2. The van der Waals surface area contributed by atoms with Crippen molar-refractivity contribution in [2.24, 2.45) is 11.5 Å². The molecule has 0 aromatic rings. The molecule has 0 aromatic carbocycles. The van der Waals surface area contributed by atoms with Gasteiger partial charge in [-0.05, 0) is 25.7 Å². The number of carboxylic acids is 4. The number of carboxylic acid groups (broad SMARTS) is 4. The Morgan fingerprint density at radius 1 is 0.682 bits per heavy atom. The molecule has 0 spiro atoms. The molecule has 0 amide bonds. The van der Waals surface area contributed by atoms with Crippen molar-refractivity contribution >= 4 is 23.9 Å². The molecule has 0 aliphatic carbocycles. The first-order valence-electron chi connectivity index (χ1n) is 6.48. The molecule has 0 unspecified atom stereocenters. The number of hydrogen-bond acceptors (Lipinski definition) is 6. The van der Waals surface area contributed by atoms with Gasteiger partial charge in [-0.2, -0.15) is 0 Å². The Labute approximate surface area is 126 Å². The van der Waals surface area contributed by atoms with Crippen LogP contribution in [0.4, 0.5) is 0 Å². The number of rotatable bonds is 10. The maximum atomic E-state index is 10.1. The summed E-state index contributed by atoms with van der Waals surface area (Å²) in [6.45, 7) is 0. The van der Waals surface area contributed by atoms with Crippen molar-refractivity contribution in [1.29, 1.82) is 0 Å². The van der Waals surface area contributed by atoms with Crippen LogP contribution in [-0.2, 0) is 19.2 Å². The monoisotopic (exact) mass is 322 g/mol. The maximum Gasteiger partial charge on any atom is 0.320 e. The number of aliphatic carboxylic acids is 4. The summed E-state index contributed by atoms with van der Waals surface area (Å²) in [7, 11) is 0. The van der Waals surface area contributed by atoms with Crippen LogP contribution in [0.3, 0.4) is 0 Å². The molecule has 10 nitrogen and oxygen atoms in total. The van der Waals surface area contributed by atoms with Crippen LogP contribution in [0.5, 0.6) is 0 Å². The van der Waals surface area contributed by atoms with E-state index in [4.69, 9.17) is 31.9 Å². The lowest BCUT2D eigenvalue weighted by Gasteiger charge is -2.02. The smallest absolute Gasteiger partial charge is 0.320 e. The lowest BCUT2D eigenvalue weighted by molar-refractivity contribution is -0.140. The average molecular weight is 322 g/mol. The predicted molar refractivity (Wildman–Crippen MR) is 74.2 cm³/mol. The van der Waals surface area contributed by atoms with Crippen molar-refractivity contribution in [1.82, 2.24) is 0 Å². The van der Waals surface area contributed by atoms with Crippen molar-refractivity contribution in [2.45, 2.75) is 50.6 Å². The largest absolute Gasteiger partial charge is 0.481 e. The fourth-order valence-electron chi connectivity index (χ4n) is 1.19. The highest BCUT2D eigenvalue weighted by Crippen LogP contribution is 1.99. The minimum atomic E-state index is -1.09. The van der Waals surface area contributed by atoms with Crippen molar-refractivity contribution in [3.05, 3.63) is 0 Å². The minimum absolute atomic E-state index is 0.0268. The van der Waals surface area contributed by atoms with Gasteiger partial charge in [-0.1, -0.05) is 0 Å². The van der Waals surface area contributed by atoms with Crippen molar-refractivity contribution in [3.63, 3.8) is 0 Å². The first-order valence-corrected chi connectivity index (χ1v) is 6.48. The van der Waals surface area contributed by atoms with Crippen molar-refractivity contribution in [3.8, 4) is 0 Å². The van der Waals surface area contributed by atoms with Crippen LogP contribution >= 0.6 is 0 Å². The lowest BCUT2D eigenvalue weighted by Crippen LogP contribution is -2.29. The van der Waals surface area contributed by atoms with Gasteiger partial charge < -0.3 is 31.9 Å². The molecule has 0 radical (unpaired) electrons. The second-order valence-corrected chi connectivity index (χ2v) is 4.46. The van der Waals surface area contributed by atoms with Crippen LogP contribution in [0.15, 0.2) is 0 Å². The van der Waals surface area contributed by atoms with Gasteiger partial charge in [0.05, 0.1) is 0 Å². The van der Waals surface area contributed by atoms with Crippen LogP contribution in [0.25, 0.3) is 0 Å². The number of carbonyl (C=O) groups is 4. The summed E-state index contributed by atoms with van der Waals surface area (Å²) in [5.41, 5.74) is 10.2. The summed E-state index contributed by atoms with van der Waals surface area (Å²) in [4.78, 5) is 40.1. The Hall–Kier alpha value is -2.20. The van der Waals surface area contributed by atoms with Crippen LogP contribution in [0.1, 0.15) is 38.5 Å². The topological polar surface area (TPSA) is 201 Å². The van der Waals surface area contributed by atoms with Crippen LogP contribution in [-0.4, -0.2) is 56.4 Å². The van der Waals surface area contributed by atoms with Gasteiger partial charge in [0.25, 0.3) is 0 Å².